The number of nitrogens with zero attached hydrogens (tertiary/aromatic N) is 4. The third-order valence-corrected chi connectivity index (χ3v) is 2.48. The first-order valence-electron chi connectivity index (χ1n) is 5.07. The topological polar surface area (TPSA) is 58.9 Å². The average Bonchev–Trinajstić information content (AvgIpc) is 2.83. The van der Waals surface area contributed by atoms with E-state index in [9.17, 15) is 0 Å². The van der Waals surface area contributed by atoms with E-state index in [0.29, 0.717) is 5.82 Å². The molecule has 0 fully saturated rings. The highest BCUT2D eigenvalue weighted by molar-refractivity contribution is 5.56. The SMILES string of the molecule is Cc1ccc2ncc(-c3n[nH]c(C)n3)n2c1. The molecule has 3 rings (SSSR count). The zero-order valence-electron chi connectivity index (χ0n) is 9.10. The molecular formula is C11H11N5. The van der Waals surface area contributed by atoms with Crippen LogP contribution in [0.15, 0.2) is 24.5 Å². The number of hydrogen-bond donors (Lipinski definition) is 1. The molecule has 3 aromatic heterocycles. The molecule has 0 radical (unpaired) electrons. The van der Waals surface area contributed by atoms with E-state index >= 15 is 0 Å². The molecule has 5 heteroatoms. The molecule has 80 valence electrons. The van der Waals surface area contributed by atoms with Crippen molar-refractivity contribution in [2.45, 2.75) is 13.8 Å². The van der Waals surface area contributed by atoms with Crippen LogP contribution in [0.5, 0.6) is 0 Å². The highest BCUT2D eigenvalue weighted by Gasteiger charge is 2.09. The molecule has 0 atom stereocenters. The summed E-state index contributed by atoms with van der Waals surface area (Å²) in [5, 5.41) is 6.98. The number of imidazole rings is 1. The van der Waals surface area contributed by atoms with Gasteiger partial charge in [0.2, 0.25) is 0 Å². The first-order chi connectivity index (χ1) is 7.74. The Morgan fingerprint density at radius 3 is 2.88 bits per heavy atom. The van der Waals surface area contributed by atoms with E-state index < -0.39 is 0 Å². The fourth-order valence-electron chi connectivity index (χ4n) is 1.71. The van der Waals surface area contributed by atoms with E-state index in [1.165, 1.54) is 5.56 Å². The summed E-state index contributed by atoms with van der Waals surface area (Å²) in [7, 11) is 0. The summed E-state index contributed by atoms with van der Waals surface area (Å²) in [6, 6.07) is 4.02. The van der Waals surface area contributed by atoms with Crippen molar-refractivity contribution in [2.24, 2.45) is 0 Å². The zero-order valence-corrected chi connectivity index (χ0v) is 9.10. The smallest absolute Gasteiger partial charge is 0.199 e. The number of hydrogen-bond acceptors (Lipinski definition) is 3. The standard InChI is InChI=1S/C11H11N5/c1-7-3-4-10-12-5-9(16(10)6-7)11-13-8(2)14-15-11/h3-6H,1-2H3,(H,13,14,15). The predicted molar refractivity (Wildman–Crippen MR) is 60.0 cm³/mol. The van der Waals surface area contributed by atoms with Gasteiger partial charge in [0.05, 0.1) is 6.20 Å². The normalized spacial score (nSPS) is 11.1. The van der Waals surface area contributed by atoms with Crippen LogP contribution in [0.4, 0.5) is 0 Å². The molecule has 0 aliphatic rings. The Morgan fingerprint density at radius 2 is 2.12 bits per heavy atom. The Kier molecular flexibility index (Phi) is 1.80. The lowest BCUT2D eigenvalue weighted by atomic mass is 10.3. The second-order valence-electron chi connectivity index (χ2n) is 3.82. The molecule has 0 aliphatic heterocycles. The molecular weight excluding hydrogens is 202 g/mol. The summed E-state index contributed by atoms with van der Waals surface area (Å²) in [6.45, 7) is 3.93. The summed E-state index contributed by atoms with van der Waals surface area (Å²) in [4.78, 5) is 8.62. The molecule has 0 saturated heterocycles. The highest BCUT2D eigenvalue weighted by Crippen LogP contribution is 2.17. The maximum absolute atomic E-state index is 4.31. The highest BCUT2D eigenvalue weighted by atomic mass is 15.2. The number of nitrogens with one attached hydrogen (secondary N) is 1. The minimum atomic E-state index is 0.676. The second kappa shape index (κ2) is 3.16. The molecule has 0 amide bonds. The van der Waals surface area contributed by atoms with E-state index in [1.807, 2.05) is 36.6 Å². The largest absolute Gasteiger partial charge is 0.297 e. The van der Waals surface area contributed by atoms with Crippen molar-refractivity contribution in [1.29, 1.82) is 0 Å². The molecule has 0 saturated carbocycles. The van der Waals surface area contributed by atoms with Crippen LogP contribution < -0.4 is 0 Å². The van der Waals surface area contributed by atoms with Crippen LogP contribution in [0.2, 0.25) is 0 Å². The van der Waals surface area contributed by atoms with Crippen molar-refractivity contribution in [3.8, 4) is 11.5 Å². The fourth-order valence-corrected chi connectivity index (χ4v) is 1.71. The van der Waals surface area contributed by atoms with Crippen LogP contribution in [0, 0.1) is 13.8 Å². The minimum Gasteiger partial charge on any atom is -0.297 e. The van der Waals surface area contributed by atoms with Gasteiger partial charge >= 0.3 is 0 Å². The van der Waals surface area contributed by atoms with Gasteiger partial charge in [-0.05, 0) is 25.5 Å². The number of aromatic amines is 1. The van der Waals surface area contributed by atoms with Gasteiger partial charge in [0, 0.05) is 6.20 Å². The van der Waals surface area contributed by atoms with Crippen molar-refractivity contribution in [3.05, 3.63) is 35.9 Å². The Balaban J connectivity index is 2.27. The molecule has 16 heavy (non-hydrogen) atoms. The summed E-state index contributed by atoms with van der Waals surface area (Å²) in [6.07, 6.45) is 3.82. The number of H-pyrrole nitrogens is 1. The van der Waals surface area contributed by atoms with Gasteiger partial charge in [-0.15, -0.1) is 0 Å². The maximum Gasteiger partial charge on any atom is 0.199 e. The van der Waals surface area contributed by atoms with Gasteiger partial charge < -0.3 is 0 Å². The number of rotatable bonds is 1. The summed E-state index contributed by atoms with van der Waals surface area (Å²) < 4.78 is 2.00. The number of fused-ring (bicyclic) bond motifs is 1. The second-order valence-corrected chi connectivity index (χ2v) is 3.82. The average molecular weight is 213 g/mol. The third kappa shape index (κ3) is 1.29. The van der Waals surface area contributed by atoms with Crippen molar-refractivity contribution >= 4 is 5.65 Å². The van der Waals surface area contributed by atoms with Gasteiger partial charge in [-0.2, -0.15) is 5.10 Å². The van der Waals surface area contributed by atoms with Crippen LogP contribution in [-0.4, -0.2) is 24.6 Å². The summed E-state index contributed by atoms with van der Waals surface area (Å²) in [5.74, 6) is 1.48. The van der Waals surface area contributed by atoms with E-state index in [-0.39, 0.29) is 0 Å². The summed E-state index contributed by atoms with van der Waals surface area (Å²) >= 11 is 0. The fraction of sp³-hybridized carbons (Fsp3) is 0.182. The van der Waals surface area contributed by atoms with Crippen LogP contribution in [0.25, 0.3) is 17.2 Å². The van der Waals surface area contributed by atoms with Crippen LogP contribution in [0.3, 0.4) is 0 Å². The molecule has 0 aliphatic carbocycles. The molecule has 3 heterocycles. The van der Waals surface area contributed by atoms with Crippen molar-refractivity contribution < 1.29 is 0 Å². The lowest BCUT2D eigenvalue weighted by Gasteiger charge is -1.98. The Bertz CT molecular complexity index is 649. The maximum atomic E-state index is 4.31. The van der Waals surface area contributed by atoms with Crippen LogP contribution >= 0.6 is 0 Å². The van der Waals surface area contributed by atoms with Gasteiger partial charge in [0.25, 0.3) is 0 Å². The van der Waals surface area contributed by atoms with Gasteiger partial charge in [0.1, 0.15) is 17.2 Å². The number of pyridine rings is 1. The van der Waals surface area contributed by atoms with Crippen molar-refractivity contribution in [1.82, 2.24) is 24.6 Å². The van der Waals surface area contributed by atoms with Crippen LogP contribution in [0.1, 0.15) is 11.4 Å². The Hall–Kier alpha value is -2.17. The molecule has 0 spiro atoms. The van der Waals surface area contributed by atoms with E-state index in [0.717, 1.165) is 17.2 Å². The Labute approximate surface area is 92.2 Å². The monoisotopic (exact) mass is 213 g/mol. The van der Waals surface area contributed by atoms with E-state index in [4.69, 9.17) is 0 Å². The van der Waals surface area contributed by atoms with Crippen molar-refractivity contribution in [3.63, 3.8) is 0 Å². The van der Waals surface area contributed by atoms with Gasteiger partial charge in [-0.25, -0.2) is 9.97 Å². The lowest BCUT2D eigenvalue weighted by Crippen LogP contribution is -1.90. The molecule has 3 aromatic rings. The Morgan fingerprint density at radius 1 is 1.25 bits per heavy atom. The zero-order chi connectivity index (χ0) is 11.1. The molecule has 1 N–H and O–H groups in total. The molecule has 5 nitrogen and oxygen atoms in total. The van der Waals surface area contributed by atoms with E-state index in [1.54, 1.807) is 6.20 Å². The van der Waals surface area contributed by atoms with Gasteiger partial charge in [-0.3, -0.25) is 9.50 Å². The van der Waals surface area contributed by atoms with E-state index in [2.05, 4.69) is 20.2 Å². The first kappa shape index (κ1) is 9.08. The third-order valence-electron chi connectivity index (χ3n) is 2.48. The van der Waals surface area contributed by atoms with Gasteiger partial charge in [-0.1, -0.05) is 6.07 Å². The quantitative estimate of drug-likeness (QED) is 0.669. The minimum absolute atomic E-state index is 0.676. The number of aryl methyl sites for hydroxylation is 2. The first-order valence-corrected chi connectivity index (χ1v) is 5.07. The molecule has 0 aromatic carbocycles. The summed E-state index contributed by atoms with van der Waals surface area (Å²) in [5.41, 5.74) is 2.99. The predicted octanol–water partition coefficient (Wildman–Crippen LogP) is 1.74. The van der Waals surface area contributed by atoms with Gasteiger partial charge in [0.15, 0.2) is 5.82 Å². The number of aromatic nitrogens is 5. The van der Waals surface area contributed by atoms with Crippen LogP contribution in [-0.2, 0) is 0 Å². The van der Waals surface area contributed by atoms with Crippen molar-refractivity contribution in [2.75, 3.05) is 0 Å². The molecule has 0 unspecified atom stereocenters. The molecule has 0 bridgehead atoms. The lowest BCUT2D eigenvalue weighted by molar-refractivity contribution is 1.03.